The van der Waals surface area contributed by atoms with Gasteiger partial charge in [-0.25, -0.2) is 4.98 Å². The Morgan fingerprint density at radius 3 is 1.88 bits per heavy atom. The summed E-state index contributed by atoms with van der Waals surface area (Å²) in [6.45, 7) is 0. The van der Waals surface area contributed by atoms with E-state index < -0.39 is 8.07 Å². The van der Waals surface area contributed by atoms with Gasteiger partial charge < -0.3 is 8.98 Å². The van der Waals surface area contributed by atoms with E-state index in [0.29, 0.717) is 0 Å². The first-order valence-corrected chi connectivity index (χ1v) is 26.8. The van der Waals surface area contributed by atoms with Crippen LogP contribution in [-0.4, -0.2) is 17.6 Å². The van der Waals surface area contributed by atoms with Crippen LogP contribution in [0, 0.1) is 0 Å². The van der Waals surface area contributed by atoms with Gasteiger partial charge in [0.05, 0.1) is 16.7 Å². The number of anilines is 3. The van der Waals surface area contributed by atoms with Gasteiger partial charge in [0.2, 0.25) is 0 Å². The fourth-order valence-electron chi connectivity index (χ4n) is 12.8. The second kappa shape index (κ2) is 14.9. The number of fused-ring (bicyclic) bond motifs is 10. The molecule has 4 nitrogen and oxygen atoms in total. The first-order valence-electron chi connectivity index (χ1n) is 24.8. The Balaban J connectivity index is 0.963. The van der Waals surface area contributed by atoms with Crippen molar-refractivity contribution in [3.63, 3.8) is 0 Å². The first-order chi connectivity index (χ1) is 35.7. The van der Waals surface area contributed by atoms with Gasteiger partial charge in [-0.15, -0.1) is 0 Å². The molecule has 0 N–H and O–H groups in total. The van der Waals surface area contributed by atoms with Gasteiger partial charge in [-0.3, -0.25) is 4.90 Å². The van der Waals surface area contributed by atoms with E-state index in [-0.39, 0.29) is 0 Å². The molecule has 12 aromatic carbocycles. The number of para-hydroxylation sites is 3. The van der Waals surface area contributed by atoms with Gasteiger partial charge in [-0.05, 0) is 113 Å². The summed E-state index contributed by atoms with van der Waals surface area (Å²) in [6, 6.07) is 90.1. The Labute approximate surface area is 415 Å². The highest BCUT2D eigenvalue weighted by atomic mass is 28.3. The van der Waals surface area contributed by atoms with Crippen molar-refractivity contribution < 1.29 is 4.42 Å². The zero-order valence-corrected chi connectivity index (χ0v) is 39.9. The van der Waals surface area contributed by atoms with Gasteiger partial charge in [-0.1, -0.05) is 188 Å². The van der Waals surface area contributed by atoms with Crippen molar-refractivity contribution in [1.29, 1.82) is 0 Å². The van der Waals surface area contributed by atoms with Gasteiger partial charge >= 0.3 is 0 Å². The molecule has 0 spiro atoms. The molecule has 0 saturated heterocycles. The Morgan fingerprint density at radius 1 is 0.347 bits per heavy atom. The predicted octanol–water partition coefficient (Wildman–Crippen LogP) is 15.0. The number of rotatable bonds is 5. The van der Waals surface area contributed by atoms with Gasteiger partial charge in [0.1, 0.15) is 17.0 Å². The molecule has 0 saturated carbocycles. The molecule has 0 unspecified atom stereocenters. The molecular formula is C67H41N3OSi. The Hall–Kier alpha value is -9.29. The van der Waals surface area contributed by atoms with Crippen molar-refractivity contribution in [2.45, 2.75) is 0 Å². The van der Waals surface area contributed by atoms with Crippen molar-refractivity contribution in [2.24, 2.45) is 0 Å². The van der Waals surface area contributed by atoms with Crippen LogP contribution in [0.1, 0.15) is 0 Å². The van der Waals surface area contributed by atoms with Crippen molar-refractivity contribution in [3.05, 3.63) is 249 Å². The van der Waals surface area contributed by atoms with Crippen LogP contribution in [0.3, 0.4) is 0 Å². The second-order valence-corrected chi connectivity index (χ2v) is 23.1. The van der Waals surface area contributed by atoms with Crippen LogP contribution in [-0.2, 0) is 0 Å². The third kappa shape index (κ3) is 5.32. The van der Waals surface area contributed by atoms with Crippen molar-refractivity contribution in [2.75, 3.05) is 4.90 Å². The Morgan fingerprint density at radius 2 is 1.01 bits per heavy atom. The number of hydrogen-bond donors (Lipinski definition) is 0. The van der Waals surface area contributed by atoms with E-state index in [1.807, 2.05) is 6.20 Å². The van der Waals surface area contributed by atoms with E-state index in [2.05, 4.69) is 252 Å². The number of hydrogen-bond acceptors (Lipinski definition) is 3. The summed E-state index contributed by atoms with van der Waals surface area (Å²) in [5, 5.41) is 19.8. The maximum absolute atomic E-state index is 6.68. The van der Waals surface area contributed by atoms with Gasteiger partial charge in [0.15, 0.2) is 8.07 Å². The standard InChI is InChI=1S/C67H41N3OSi/c1-3-19-47(20-4-1)72(48-21-5-2-6-22-48)62-29-14-12-27-57(62)70(67-49-23-8-7-16-42(49)36-37-68-67)58-35-32-45(40-63(58)72)44-31-34-56-53(38-44)50-24-9-11-26-55(50)69(56)59-39-46-18-15-17-43-30-33-52-65-51-25-10-13-28-60(51)71-61(65)41-54(59)66(52)64(43)46/h1-41H. The molecule has 0 radical (unpaired) electrons. The maximum atomic E-state index is 6.68. The molecule has 16 rings (SSSR count). The lowest BCUT2D eigenvalue weighted by Gasteiger charge is -2.45. The maximum Gasteiger partial charge on any atom is 0.184 e. The molecular weight excluding hydrogens is 891 g/mol. The van der Waals surface area contributed by atoms with Crippen molar-refractivity contribution in [1.82, 2.24) is 9.55 Å². The van der Waals surface area contributed by atoms with Gasteiger partial charge in [0, 0.05) is 55.3 Å². The molecule has 4 heterocycles. The Bertz CT molecular complexity index is 4660. The van der Waals surface area contributed by atoms with Crippen LogP contribution in [0.4, 0.5) is 17.2 Å². The third-order valence-electron chi connectivity index (χ3n) is 15.8. The molecule has 5 heteroatoms. The summed E-state index contributed by atoms with van der Waals surface area (Å²) in [5.41, 5.74) is 9.96. The monoisotopic (exact) mass is 931 g/mol. The summed E-state index contributed by atoms with van der Waals surface area (Å²) in [6.07, 6.45) is 1.95. The summed E-state index contributed by atoms with van der Waals surface area (Å²) in [4.78, 5) is 7.63. The van der Waals surface area contributed by atoms with Crippen LogP contribution in [0.15, 0.2) is 253 Å². The summed E-state index contributed by atoms with van der Waals surface area (Å²) in [7, 11) is -2.99. The van der Waals surface area contributed by atoms with Crippen LogP contribution >= 0.6 is 0 Å². The van der Waals surface area contributed by atoms with Crippen LogP contribution in [0.5, 0.6) is 0 Å². The fraction of sp³-hybridized carbons (Fsp3) is 0. The zero-order chi connectivity index (χ0) is 47.1. The predicted molar refractivity (Wildman–Crippen MR) is 304 cm³/mol. The normalized spacial score (nSPS) is 13.4. The lowest BCUT2D eigenvalue weighted by atomic mass is 9.91. The van der Waals surface area contributed by atoms with E-state index in [1.165, 1.54) is 91.6 Å². The molecule has 0 amide bonds. The Kier molecular flexibility index (Phi) is 8.16. The minimum atomic E-state index is -2.99. The van der Waals surface area contributed by atoms with E-state index >= 15 is 0 Å². The number of furan rings is 1. The van der Waals surface area contributed by atoms with Crippen LogP contribution in [0.25, 0.3) is 104 Å². The molecule has 72 heavy (non-hydrogen) atoms. The van der Waals surface area contributed by atoms with Crippen molar-refractivity contribution in [3.8, 4) is 16.8 Å². The first kappa shape index (κ1) is 39.5. The largest absolute Gasteiger partial charge is 0.456 e. The third-order valence-corrected chi connectivity index (χ3v) is 20.6. The molecule has 0 aliphatic carbocycles. The average Bonchev–Trinajstić information content (AvgIpc) is 3.99. The highest BCUT2D eigenvalue weighted by Gasteiger charge is 2.49. The van der Waals surface area contributed by atoms with E-state index in [4.69, 9.17) is 9.40 Å². The summed E-state index contributed by atoms with van der Waals surface area (Å²) < 4.78 is 9.18. The van der Waals surface area contributed by atoms with E-state index in [0.717, 1.165) is 50.0 Å². The highest BCUT2D eigenvalue weighted by molar-refractivity contribution is 7.21. The summed E-state index contributed by atoms with van der Waals surface area (Å²) >= 11 is 0. The second-order valence-electron chi connectivity index (χ2n) is 19.4. The topological polar surface area (TPSA) is 34.2 Å². The SMILES string of the molecule is c1ccc([Si]2(c3ccccc3)c3ccccc3N(c3nccc4ccccc34)c3ccc(-c4ccc5c(c4)c4ccccc4n5-c4cc5cccc6ccc7c8c(cc4c7c65)oc4ccccc48)cc32)cc1. The zero-order valence-electron chi connectivity index (χ0n) is 38.9. The van der Waals surface area contributed by atoms with Gasteiger partial charge in [-0.2, -0.15) is 0 Å². The number of pyridine rings is 1. The minimum absolute atomic E-state index is 0.904. The van der Waals surface area contributed by atoms with Crippen LogP contribution < -0.4 is 25.6 Å². The quantitative estimate of drug-likeness (QED) is 0.127. The molecule has 3 aromatic heterocycles. The number of benzene rings is 12. The smallest absolute Gasteiger partial charge is 0.184 e. The van der Waals surface area contributed by atoms with Crippen LogP contribution in [0.2, 0.25) is 0 Å². The molecule has 15 aromatic rings. The minimum Gasteiger partial charge on any atom is -0.456 e. The van der Waals surface area contributed by atoms with Crippen molar-refractivity contribution >= 4 is 133 Å². The summed E-state index contributed by atoms with van der Waals surface area (Å²) in [5.74, 6) is 0.931. The molecule has 1 aliphatic rings. The molecule has 0 bridgehead atoms. The molecule has 334 valence electrons. The van der Waals surface area contributed by atoms with E-state index in [1.54, 1.807) is 0 Å². The average molecular weight is 932 g/mol. The number of aromatic nitrogens is 2. The lowest BCUT2D eigenvalue weighted by Crippen LogP contribution is -2.77. The molecule has 0 fully saturated rings. The van der Waals surface area contributed by atoms with E-state index in [9.17, 15) is 0 Å². The fourth-order valence-corrected chi connectivity index (χ4v) is 18.0. The lowest BCUT2D eigenvalue weighted by molar-refractivity contribution is 0.669. The molecule has 0 atom stereocenters. The number of nitrogens with zero attached hydrogens (tertiary/aromatic N) is 3. The molecule has 1 aliphatic heterocycles. The van der Waals surface area contributed by atoms with Gasteiger partial charge in [0.25, 0.3) is 0 Å². The highest BCUT2D eigenvalue weighted by Crippen LogP contribution is 2.47.